The molecule has 0 nitrogen and oxygen atoms in total. The second-order valence-corrected chi connectivity index (χ2v) is 4.46. The predicted octanol–water partition coefficient (Wildman–Crippen LogP) is 3.73. The second-order valence-electron chi connectivity index (χ2n) is 3.28. The summed E-state index contributed by atoms with van der Waals surface area (Å²) < 4.78 is 0. The molecule has 0 aromatic heterocycles. The summed E-state index contributed by atoms with van der Waals surface area (Å²) in [5, 5.41) is 7.94. The summed E-state index contributed by atoms with van der Waals surface area (Å²) in [5.74, 6) is 0. The predicted molar refractivity (Wildman–Crippen MR) is 95.0 cm³/mol. The minimum Gasteiger partial charge on any atom is -0.0880 e. The molecule has 0 aliphatic heterocycles. The van der Waals surface area contributed by atoms with Gasteiger partial charge < -0.3 is 0 Å². The van der Waals surface area contributed by atoms with Crippen LogP contribution in [0.4, 0.5) is 0 Å². The van der Waals surface area contributed by atoms with E-state index >= 15 is 0 Å². The maximum absolute atomic E-state index is 5.03. The fraction of sp³-hybridized carbons (Fsp3) is 0.0833. The van der Waals surface area contributed by atoms with Gasteiger partial charge in [0.15, 0.2) is 0 Å². The van der Waals surface area contributed by atoms with Gasteiger partial charge in [-0.05, 0) is 23.6 Å². The summed E-state index contributed by atoms with van der Waals surface area (Å²) in [6.07, 6.45) is 0. The molecule has 17 heavy (non-hydrogen) atoms. The third-order valence-corrected chi connectivity index (χ3v) is 3.74. The van der Waals surface area contributed by atoms with E-state index in [0.717, 1.165) is 33.4 Å². The number of hydrogen-bond donors (Lipinski definition) is 0. The Morgan fingerprint density at radius 3 is 1.00 bits per heavy atom. The molecule has 0 bridgehead atoms. The van der Waals surface area contributed by atoms with Gasteiger partial charge in [-0.3, -0.25) is 0 Å². The van der Waals surface area contributed by atoms with Crippen LogP contribution in [-0.2, 0) is 0 Å². The number of thiocarbonyl (C=S) groups is 5. The van der Waals surface area contributed by atoms with Crippen LogP contribution in [0.1, 0.15) is 33.4 Å². The molecule has 1 rings (SSSR count). The van der Waals surface area contributed by atoms with Gasteiger partial charge in [0.25, 0.3) is 0 Å². The lowest BCUT2D eigenvalue weighted by molar-refractivity contribution is 1.42. The lowest BCUT2D eigenvalue weighted by Gasteiger charge is -2.15. The van der Waals surface area contributed by atoms with E-state index in [-0.39, 0.29) is 0 Å². The molecule has 0 saturated heterocycles. The molecule has 0 saturated carbocycles. The Morgan fingerprint density at radius 1 is 0.529 bits per heavy atom. The van der Waals surface area contributed by atoms with Crippen molar-refractivity contribution in [3.05, 3.63) is 33.4 Å². The fourth-order valence-electron chi connectivity index (χ4n) is 1.67. The van der Waals surface area contributed by atoms with Crippen molar-refractivity contribution in [1.29, 1.82) is 0 Å². The molecule has 0 amide bonds. The largest absolute Gasteiger partial charge is 0.0880 e. The zero-order valence-corrected chi connectivity index (χ0v) is 13.0. The lowest BCUT2D eigenvalue weighted by Crippen LogP contribution is -2.09. The Morgan fingerprint density at radius 2 is 0.765 bits per heavy atom. The molecule has 0 fully saturated rings. The number of hydrogen-bond acceptors (Lipinski definition) is 5. The third-order valence-electron chi connectivity index (χ3n) is 2.56. The highest BCUT2D eigenvalue weighted by Crippen LogP contribution is 2.24. The topological polar surface area (TPSA) is 0 Å². The van der Waals surface area contributed by atoms with Crippen molar-refractivity contribution in [2.24, 2.45) is 0 Å². The first-order valence-electron chi connectivity index (χ1n) is 4.62. The summed E-state index contributed by atoms with van der Waals surface area (Å²) in [6, 6.07) is 0. The Bertz CT molecular complexity index is 487. The van der Waals surface area contributed by atoms with Gasteiger partial charge >= 0.3 is 0 Å². The van der Waals surface area contributed by atoms with E-state index in [1.165, 1.54) is 0 Å². The molecule has 0 aliphatic carbocycles. The van der Waals surface area contributed by atoms with Gasteiger partial charge in [0, 0.05) is 43.5 Å². The molecular weight excluding hydrogens is 304 g/mol. The highest BCUT2D eigenvalue weighted by atomic mass is 32.1. The summed E-state index contributed by atoms with van der Waals surface area (Å²) >= 11 is 25.2. The SMILES string of the molecule is Cc1c(C=S)c(C=S)c(C=S)c(C=S)c1C=S. The van der Waals surface area contributed by atoms with Gasteiger partial charge in [0.05, 0.1) is 0 Å². The fourth-order valence-corrected chi connectivity index (χ4v) is 3.04. The molecule has 0 radical (unpaired) electrons. The highest BCUT2D eigenvalue weighted by Gasteiger charge is 2.15. The van der Waals surface area contributed by atoms with Crippen molar-refractivity contribution in [2.75, 3.05) is 0 Å². The zero-order valence-electron chi connectivity index (χ0n) is 8.93. The summed E-state index contributed by atoms with van der Waals surface area (Å²) in [5.41, 5.74) is 5.29. The van der Waals surface area contributed by atoms with Crippen LogP contribution in [0.5, 0.6) is 0 Å². The van der Waals surface area contributed by atoms with Crippen LogP contribution in [0.3, 0.4) is 0 Å². The van der Waals surface area contributed by atoms with Crippen molar-refractivity contribution < 1.29 is 0 Å². The maximum atomic E-state index is 5.03. The molecule has 0 unspecified atom stereocenters. The van der Waals surface area contributed by atoms with Gasteiger partial charge in [-0.15, -0.1) is 0 Å². The van der Waals surface area contributed by atoms with Crippen LogP contribution >= 0.6 is 61.1 Å². The molecule has 0 atom stereocenters. The van der Waals surface area contributed by atoms with Crippen LogP contribution in [0.2, 0.25) is 0 Å². The average Bonchev–Trinajstić information content (AvgIpc) is 2.36. The van der Waals surface area contributed by atoms with Gasteiger partial charge in [-0.25, -0.2) is 0 Å². The first-order chi connectivity index (χ1) is 8.15. The lowest BCUT2D eigenvalue weighted by atomic mass is 9.90. The van der Waals surface area contributed by atoms with Crippen LogP contribution in [0, 0.1) is 6.92 Å². The zero-order chi connectivity index (χ0) is 13.0. The number of rotatable bonds is 5. The highest BCUT2D eigenvalue weighted by molar-refractivity contribution is 7.80. The van der Waals surface area contributed by atoms with Crippen LogP contribution in [0.25, 0.3) is 0 Å². The first kappa shape index (κ1) is 14.7. The minimum atomic E-state index is 0.822. The minimum absolute atomic E-state index is 0.822. The quantitative estimate of drug-likeness (QED) is 0.757. The smallest absolute Gasteiger partial charge is 0.00992 e. The first-order valence-corrected chi connectivity index (χ1v) is 6.98. The van der Waals surface area contributed by atoms with E-state index in [4.69, 9.17) is 61.1 Å². The molecule has 1 aromatic carbocycles. The van der Waals surface area contributed by atoms with Crippen molar-refractivity contribution in [2.45, 2.75) is 6.92 Å². The molecule has 0 N–H and O–H groups in total. The van der Waals surface area contributed by atoms with Crippen molar-refractivity contribution in [3.63, 3.8) is 0 Å². The molecule has 0 aliphatic rings. The van der Waals surface area contributed by atoms with Gasteiger partial charge in [-0.1, -0.05) is 61.1 Å². The molecule has 0 spiro atoms. The van der Waals surface area contributed by atoms with E-state index in [2.05, 4.69) is 0 Å². The third kappa shape index (κ3) is 2.58. The van der Waals surface area contributed by atoms with Gasteiger partial charge in [-0.2, -0.15) is 0 Å². The molecular formula is C12H8S5. The summed E-state index contributed by atoms with van der Waals surface area (Å²) in [4.78, 5) is 0. The van der Waals surface area contributed by atoms with E-state index in [9.17, 15) is 0 Å². The number of benzene rings is 1. The standard InChI is InChI=1S/C12H8S5/c1-7-8(2-13)10(4-15)12(6-17)11(5-16)9(7)3-14/h2-6H,1H3. The van der Waals surface area contributed by atoms with Crippen LogP contribution < -0.4 is 0 Å². The van der Waals surface area contributed by atoms with Crippen molar-refractivity contribution in [3.8, 4) is 0 Å². The van der Waals surface area contributed by atoms with Gasteiger partial charge in [0.2, 0.25) is 0 Å². The van der Waals surface area contributed by atoms with E-state index in [1.807, 2.05) is 6.92 Å². The van der Waals surface area contributed by atoms with Crippen LogP contribution in [-0.4, -0.2) is 26.8 Å². The normalized spacial score (nSPS) is 9.47. The van der Waals surface area contributed by atoms with E-state index in [1.54, 1.807) is 26.8 Å². The maximum Gasteiger partial charge on any atom is 0.00992 e. The van der Waals surface area contributed by atoms with Gasteiger partial charge in [0.1, 0.15) is 0 Å². The monoisotopic (exact) mass is 312 g/mol. The van der Waals surface area contributed by atoms with Crippen LogP contribution in [0.15, 0.2) is 0 Å². The Labute approximate surface area is 127 Å². The van der Waals surface area contributed by atoms with E-state index in [0.29, 0.717) is 0 Å². The Hall–Kier alpha value is -0.330. The summed E-state index contributed by atoms with van der Waals surface area (Å²) in [7, 11) is 0. The van der Waals surface area contributed by atoms with Crippen molar-refractivity contribution in [1.82, 2.24) is 0 Å². The molecule has 86 valence electrons. The molecule has 0 heterocycles. The second kappa shape index (κ2) is 6.56. The average molecular weight is 313 g/mol. The Kier molecular flexibility index (Phi) is 5.69. The molecule has 1 aromatic rings. The summed E-state index contributed by atoms with van der Waals surface area (Å²) in [6.45, 7) is 1.95. The van der Waals surface area contributed by atoms with E-state index < -0.39 is 0 Å². The van der Waals surface area contributed by atoms with Crippen molar-refractivity contribution >= 4 is 87.9 Å². The Balaban J connectivity index is 3.97. The molecule has 5 heteroatoms.